The monoisotopic (exact) mass is 550 g/mol. The number of thiocarbonyl (C=S) groups is 1. The number of amides is 2. The highest BCUT2D eigenvalue weighted by atomic mass is 35.5. The van der Waals surface area contributed by atoms with Crippen molar-refractivity contribution in [2.24, 2.45) is 0 Å². The number of phenols is 1. The third-order valence-corrected chi connectivity index (χ3v) is 8.18. The quantitative estimate of drug-likeness (QED) is 0.365. The Labute approximate surface area is 228 Å². The zero-order valence-corrected chi connectivity index (χ0v) is 21.6. The second-order valence-electron chi connectivity index (χ2n) is 9.32. The Morgan fingerprint density at radius 1 is 1.03 bits per heavy atom. The van der Waals surface area contributed by atoms with E-state index in [1.54, 1.807) is 54.6 Å². The zero-order valence-electron chi connectivity index (χ0n) is 19.3. The third-order valence-electron chi connectivity index (χ3n) is 7.37. The first kappa shape index (κ1) is 24.0. The van der Waals surface area contributed by atoms with Crippen LogP contribution < -0.4 is 10.6 Å². The van der Waals surface area contributed by atoms with Gasteiger partial charge < -0.3 is 20.5 Å². The summed E-state index contributed by atoms with van der Waals surface area (Å²) in [4.78, 5) is 27.3. The topological polar surface area (TPSA) is 87.7 Å². The first-order valence-electron chi connectivity index (χ1n) is 11.7. The number of hydrogen-bond donors (Lipinski definition) is 3. The van der Waals surface area contributed by atoms with Gasteiger partial charge in [-0.05, 0) is 71.4 Å². The number of halogens is 2. The lowest BCUT2D eigenvalue weighted by molar-refractivity contribution is -0.131. The second-order valence-corrected chi connectivity index (χ2v) is 10.6. The van der Waals surface area contributed by atoms with Crippen molar-refractivity contribution in [2.45, 2.75) is 23.8 Å². The first-order valence-corrected chi connectivity index (χ1v) is 12.8. The van der Waals surface area contributed by atoms with Crippen LogP contribution in [0.25, 0.3) is 5.57 Å². The molecule has 1 spiro atoms. The van der Waals surface area contributed by atoms with Gasteiger partial charge in [0.25, 0.3) is 0 Å². The van der Waals surface area contributed by atoms with Gasteiger partial charge in [0, 0.05) is 39.2 Å². The number of nitrogens with one attached hydrogen (secondary N) is 2. The Bertz CT molecular complexity index is 1540. The van der Waals surface area contributed by atoms with Crippen LogP contribution in [0.3, 0.4) is 0 Å². The van der Waals surface area contributed by atoms with E-state index in [9.17, 15) is 14.7 Å². The van der Waals surface area contributed by atoms with E-state index in [2.05, 4.69) is 10.6 Å². The van der Waals surface area contributed by atoms with Gasteiger partial charge in [-0.1, -0.05) is 47.5 Å². The average Bonchev–Trinajstić information content (AvgIpc) is 3.41. The summed E-state index contributed by atoms with van der Waals surface area (Å²) >= 11 is 18.0. The lowest BCUT2D eigenvalue weighted by Crippen LogP contribution is -2.56. The first-order chi connectivity index (χ1) is 17.8. The predicted molar refractivity (Wildman–Crippen MR) is 146 cm³/mol. The summed E-state index contributed by atoms with van der Waals surface area (Å²) in [5.74, 6) is -1.19. The van der Waals surface area contributed by atoms with Gasteiger partial charge in [-0.15, -0.1) is 0 Å². The number of phenolic OH excluding ortho intramolecular Hbond substituents is 1. The minimum atomic E-state index is -1.30. The summed E-state index contributed by atoms with van der Waals surface area (Å²) in [6, 6.07) is 16.6. The molecular formula is C28H20Cl2N2O4S. The fraction of sp³-hybridized carbons (Fsp3) is 0.179. The van der Waals surface area contributed by atoms with E-state index in [1.165, 1.54) is 0 Å². The molecule has 3 aromatic carbocycles. The number of hydrogen-bond acceptors (Lipinski definition) is 5. The number of carbonyl (C=O) groups is 2. The average molecular weight is 551 g/mol. The molecule has 0 bridgehead atoms. The number of anilines is 1. The molecule has 3 atom stereocenters. The molecule has 186 valence electrons. The van der Waals surface area contributed by atoms with Gasteiger partial charge in [0.2, 0.25) is 11.8 Å². The number of aromatic hydroxyl groups is 1. The number of rotatable bonds is 3. The van der Waals surface area contributed by atoms with Gasteiger partial charge in [0.1, 0.15) is 17.8 Å². The van der Waals surface area contributed by atoms with Crippen molar-refractivity contribution >= 4 is 63.5 Å². The van der Waals surface area contributed by atoms with Crippen LogP contribution in [0.15, 0.2) is 66.7 Å². The van der Waals surface area contributed by atoms with Gasteiger partial charge in [0.05, 0.1) is 6.04 Å². The van der Waals surface area contributed by atoms with Crippen LogP contribution in [0.1, 0.15) is 40.6 Å². The highest BCUT2D eigenvalue weighted by Crippen LogP contribution is 2.58. The lowest BCUT2D eigenvalue weighted by Gasteiger charge is -2.46. The molecule has 6 nitrogen and oxygen atoms in total. The molecule has 3 aromatic rings. The smallest absolute Gasteiger partial charge is 0.238 e. The minimum Gasteiger partial charge on any atom is -0.508 e. The Hall–Kier alpha value is -3.39. The van der Waals surface area contributed by atoms with Crippen molar-refractivity contribution in [3.05, 3.63) is 99.0 Å². The standard InChI is InChI=1S/C28H20Cl2N2O4S/c29-16-3-1-2-15(10-16)21-13-24(34)32-25(28(21)20-6-5-17(30)12-22(20)31-27(28)35)19-11-14(4-7-23(19)33)18-8-9-36-26(18)37/h1-8,10-12,21,25,33H,9,13H2,(H,31,35)(H,32,34)/t21-,25+,28-/m0/s1. The predicted octanol–water partition coefficient (Wildman–Crippen LogP) is 5.67. The third kappa shape index (κ3) is 3.72. The van der Waals surface area contributed by atoms with E-state index in [-0.39, 0.29) is 24.0 Å². The van der Waals surface area contributed by atoms with Crippen LogP contribution in [-0.4, -0.2) is 28.6 Å². The van der Waals surface area contributed by atoms with Crippen LogP contribution in [-0.2, 0) is 19.7 Å². The second kappa shape index (κ2) is 8.87. The molecule has 3 aliphatic rings. The summed E-state index contributed by atoms with van der Waals surface area (Å²) in [7, 11) is 0. The van der Waals surface area contributed by atoms with Crippen LogP contribution in [0.4, 0.5) is 5.69 Å². The summed E-state index contributed by atoms with van der Waals surface area (Å²) in [5.41, 5.74) is 2.53. The molecule has 2 amide bonds. The van der Waals surface area contributed by atoms with Crippen LogP contribution >= 0.6 is 35.4 Å². The molecule has 1 saturated heterocycles. The molecule has 0 aromatic heterocycles. The molecular weight excluding hydrogens is 531 g/mol. The lowest BCUT2D eigenvalue weighted by atomic mass is 9.59. The number of fused-ring (bicyclic) bond motifs is 2. The van der Waals surface area contributed by atoms with Crippen LogP contribution in [0, 0.1) is 0 Å². The summed E-state index contributed by atoms with van der Waals surface area (Å²) in [6.07, 6.45) is 1.91. The van der Waals surface area contributed by atoms with Crippen molar-refractivity contribution in [1.82, 2.24) is 5.32 Å². The Morgan fingerprint density at radius 2 is 1.84 bits per heavy atom. The summed E-state index contributed by atoms with van der Waals surface area (Å²) in [6.45, 7) is 0.363. The molecule has 37 heavy (non-hydrogen) atoms. The Morgan fingerprint density at radius 3 is 2.59 bits per heavy atom. The summed E-state index contributed by atoms with van der Waals surface area (Å²) in [5, 5.41) is 18.4. The molecule has 9 heteroatoms. The molecule has 0 aliphatic carbocycles. The van der Waals surface area contributed by atoms with E-state index in [4.69, 9.17) is 40.2 Å². The van der Waals surface area contributed by atoms with Crippen molar-refractivity contribution in [3.63, 3.8) is 0 Å². The van der Waals surface area contributed by atoms with Gasteiger partial charge in [-0.3, -0.25) is 9.59 Å². The Balaban J connectivity index is 1.62. The largest absolute Gasteiger partial charge is 0.508 e. The van der Waals surface area contributed by atoms with Crippen molar-refractivity contribution in [2.75, 3.05) is 11.9 Å². The van der Waals surface area contributed by atoms with Crippen molar-refractivity contribution in [3.8, 4) is 5.75 Å². The number of ether oxygens (including phenoxy) is 1. The van der Waals surface area contributed by atoms with E-state index in [1.807, 2.05) is 12.1 Å². The summed E-state index contributed by atoms with van der Waals surface area (Å²) < 4.78 is 5.42. The van der Waals surface area contributed by atoms with Gasteiger partial charge in [-0.2, -0.15) is 0 Å². The molecule has 1 fully saturated rings. The van der Waals surface area contributed by atoms with E-state index >= 15 is 0 Å². The molecule has 0 saturated carbocycles. The van der Waals surface area contributed by atoms with Crippen molar-refractivity contribution in [1.29, 1.82) is 0 Å². The zero-order chi connectivity index (χ0) is 25.9. The molecule has 3 N–H and O–H groups in total. The van der Waals surface area contributed by atoms with E-state index < -0.39 is 17.4 Å². The number of benzene rings is 3. The molecule has 6 rings (SSSR count). The maximum Gasteiger partial charge on any atom is 0.238 e. The van der Waals surface area contributed by atoms with Crippen LogP contribution in [0.5, 0.6) is 5.75 Å². The molecule has 3 aliphatic heterocycles. The normalized spacial score (nSPS) is 24.4. The fourth-order valence-corrected chi connectivity index (χ4v) is 6.46. The number of piperidine rings is 1. The van der Waals surface area contributed by atoms with Gasteiger partial charge >= 0.3 is 0 Å². The maximum absolute atomic E-state index is 14.1. The minimum absolute atomic E-state index is 0.0514. The van der Waals surface area contributed by atoms with Crippen LogP contribution in [0.2, 0.25) is 10.0 Å². The number of carbonyl (C=O) groups excluding carboxylic acids is 2. The molecule has 0 radical (unpaired) electrons. The fourth-order valence-electron chi connectivity index (χ4n) is 5.82. The maximum atomic E-state index is 14.1. The van der Waals surface area contributed by atoms with E-state index in [0.717, 1.165) is 16.7 Å². The van der Waals surface area contributed by atoms with Crippen molar-refractivity contribution < 1.29 is 19.4 Å². The molecule has 3 heterocycles. The molecule has 0 unspecified atom stereocenters. The highest BCUT2D eigenvalue weighted by Gasteiger charge is 2.61. The van der Waals surface area contributed by atoms with Gasteiger partial charge in [-0.25, -0.2) is 0 Å². The highest BCUT2D eigenvalue weighted by molar-refractivity contribution is 7.81. The van der Waals surface area contributed by atoms with E-state index in [0.29, 0.717) is 38.5 Å². The van der Waals surface area contributed by atoms with Gasteiger partial charge in [0.15, 0.2) is 5.05 Å². The Kier molecular flexibility index (Phi) is 5.75. The SMILES string of the molecule is O=C1C[C@@H](c2cccc(Cl)c2)[C@]2(C(=O)Nc3cc(Cl)ccc32)[C@@H](c2cc(C3=CCOC3=S)ccc2O)N1.